The Morgan fingerprint density at radius 2 is 1.83 bits per heavy atom. The molecule has 0 spiro atoms. The van der Waals surface area contributed by atoms with Crippen LogP contribution in [0, 0.1) is 20.8 Å². The number of carbonyl (C=O) groups excluding carboxylic acids is 1. The molecule has 1 N–H and O–H groups in total. The molecule has 1 heterocycles. The van der Waals surface area contributed by atoms with Gasteiger partial charge in [0.2, 0.25) is 0 Å². The van der Waals surface area contributed by atoms with Gasteiger partial charge in [-0.1, -0.05) is 13.0 Å². The molecule has 0 saturated heterocycles. The Labute approximate surface area is 145 Å². The van der Waals surface area contributed by atoms with Gasteiger partial charge in [0.1, 0.15) is 0 Å². The Balaban J connectivity index is 2.10. The second-order valence-electron chi connectivity index (χ2n) is 6.28. The highest BCUT2D eigenvalue weighted by Crippen LogP contribution is 2.16. The summed E-state index contributed by atoms with van der Waals surface area (Å²) in [6.07, 6.45) is 2.37. The maximum Gasteiger partial charge on any atom is 0.271 e. The predicted molar refractivity (Wildman–Crippen MR) is 98.3 cm³/mol. The smallest absolute Gasteiger partial charge is 0.271 e. The average molecular weight is 347 g/mol. The number of carbonyl (C=O) groups is 1. The van der Waals surface area contributed by atoms with E-state index in [0.717, 1.165) is 22.5 Å². The summed E-state index contributed by atoms with van der Waals surface area (Å²) in [5, 5.41) is 7.36. The maximum absolute atomic E-state index is 12.3. The quantitative estimate of drug-likeness (QED) is 0.874. The van der Waals surface area contributed by atoms with Gasteiger partial charge in [0.25, 0.3) is 5.91 Å². The minimum absolute atomic E-state index is 0.0693. The van der Waals surface area contributed by atoms with E-state index < -0.39 is 10.8 Å². The number of hydrogen-bond acceptors (Lipinski definition) is 3. The minimum atomic E-state index is -0.870. The van der Waals surface area contributed by atoms with Crippen molar-refractivity contribution >= 4 is 16.7 Å². The Hall–Kier alpha value is -1.95. The fourth-order valence-electron chi connectivity index (χ4n) is 2.57. The molecule has 5 nitrogen and oxygen atoms in total. The van der Waals surface area contributed by atoms with Gasteiger partial charge in [0.05, 0.1) is 5.69 Å². The van der Waals surface area contributed by atoms with Crippen LogP contribution in [0.2, 0.25) is 0 Å². The Morgan fingerprint density at radius 1 is 1.21 bits per heavy atom. The van der Waals surface area contributed by atoms with Crippen LogP contribution in [0.1, 0.15) is 40.7 Å². The van der Waals surface area contributed by atoms with Gasteiger partial charge in [-0.25, -0.2) is 4.68 Å². The predicted octanol–water partition coefficient (Wildman–Crippen LogP) is 2.68. The molecule has 2 atom stereocenters. The van der Waals surface area contributed by atoms with Gasteiger partial charge >= 0.3 is 0 Å². The first-order valence-electron chi connectivity index (χ1n) is 8.03. The number of rotatable bonds is 6. The monoisotopic (exact) mass is 347 g/mol. The van der Waals surface area contributed by atoms with Crippen molar-refractivity contribution < 1.29 is 9.00 Å². The highest BCUT2D eigenvalue weighted by molar-refractivity contribution is 7.84. The highest BCUT2D eigenvalue weighted by Gasteiger charge is 2.14. The van der Waals surface area contributed by atoms with E-state index in [1.807, 2.05) is 39.8 Å². The van der Waals surface area contributed by atoms with Crippen molar-refractivity contribution in [1.29, 1.82) is 0 Å². The van der Waals surface area contributed by atoms with Crippen LogP contribution in [-0.4, -0.2) is 37.9 Å². The number of benzene rings is 1. The van der Waals surface area contributed by atoms with Crippen molar-refractivity contribution in [3.05, 3.63) is 46.8 Å². The maximum atomic E-state index is 12.3. The van der Waals surface area contributed by atoms with Crippen LogP contribution in [0.3, 0.4) is 0 Å². The normalized spacial score (nSPS) is 13.5. The van der Waals surface area contributed by atoms with Crippen molar-refractivity contribution in [1.82, 2.24) is 15.1 Å². The second-order valence-corrected chi connectivity index (χ2v) is 8.08. The number of aryl methyl sites for hydroxylation is 3. The van der Waals surface area contributed by atoms with Crippen LogP contribution in [0.15, 0.2) is 24.3 Å². The zero-order chi connectivity index (χ0) is 17.9. The van der Waals surface area contributed by atoms with Crippen molar-refractivity contribution in [3.8, 4) is 5.69 Å². The molecule has 0 saturated carbocycles. The fourth-order valence-corrected chi connectivity index (χ4v) is 3.01. The van der Waals surface area contributed by atoms with Gasteiger partial charge in [0.15, 0.2) is 5.69 Å². The summed E-state index contributed by atoms with van der Waals surface area (Å²) >= 11 is 0. The van der Waals surface area contributed by atoms with Crippen LogP contribution in [0.5, 0.6) is 0 Å². The number of nitrogens with one attached hydrogen (secondary N) is 1. The lowest BCUT2D eigenvalue weighted by molar-refractivity contribution is 0.0948. The molecule has 6 heteroatoms. The van der Waals surface area contributed by atoms with Gasteiger partial charge in [-0.2, -0.15) is 5.10 Å². The lowest BCUT2D eigenvalue weighted by Gasteiger charge is -2.08. The number of aromatic nitrogens is 2. The molecular formula is C18H25N3O2S. The number of nitrogens with zero attached hydrogens (tertiary/aromatic N) is 2. The third-order valence-electron chi connectivity index (χ3n) is 3.97. The molecule has 0 aliphatic heterocycles. The minimum Gasteiger partial charge on any atom is -0.351 e. The topological polar surface area (TPSA) is 64.0 Å². The molecule has 2 unspecified atom stereocenters. The Kier molecular flexibility index (Phi) is 5.94. The molecule has 2 rings (SSSR count). The van der Waals surface area contributed by atoms with Gasteiger partial charge in [-0.05, 0) is 56.5 Å². The van der Waals surface area contributed by atoms with Crippen LogP contribution >= 0.6 is 0 Å². The molecule has 1 aromatic heterocycles. The molecule has 0 radical (unpaired) electrons. The first-order valence-corrected chi connectivity index (χ1v) is 9.66. The summed E-state index contributed by atoms with van der Waals surface area (Å²) in [6, 6.07) is 7.99. The molecule has 2 aromatic rings. The standard InChI is InChI=1S/C18H25N3O2S/c1-12-8-13(2)10-16(9-12)21-14(3)11-17(20-21)18(22)19-7-6-15(4)24(5)23/h8-11,15H,6-7H2,1-5H3,(H,19,22). The molecule has 0 aliphatic rings. The molecular weight excluding hydrogens is 322 g/mol. The van der Waals surface area contributed by atoms with Crippen molar-refractivity contribution in [2.75, 3.05) is 12.8 Å². The van der Waals surface area contributed by atoms with Crippen LogP contribution in [0.4, 0.5) is 0 Å². The first kappa shape index (κ1) is 18.4. The molecule has 1 amide bonds. The van der Waals surface area contributed by atoms with Gasteiger partial charge in [-0.15, -0.1) is 0 Å². The number of amides is 1. The summed E-state index contributed by atoms with van der Waals surface area (Å²) in [4.78, 5) is 12.3. The van der Waals surface area contributed by atoms with Crippen molar-refractivity contribution in [2.45, 2.75) is 39.4 Å². The van der Waals surface area contributed by atoms with E-state index in [4.69, 9.17) is 0 Å². The molecule has 130 valence electrons. The van der Waals surface area contributed by atoms with E-state index in [1.54, 1.807) is 17.0 Å². The molecule has 1 aromatic carbocycles. The summed E-state index contributed by atoms with van der Waals surface area (Å²) in [5.41, 5.74) is 4.59. The van der Waals surface area contributed by atoms with E-state index in [-0.39, 0.29) is 11.2 Å². The van der Waals surface area contributed by atoms with E-state index in [1.165, 1.54) is 0 Å². The summed E-state index contributed by atoms with van der Waals surface area (Å²) < 4.78 is 13.1. The van der Waals surface area contributed by atoms with E-state index >= 15 is 0 Å². The van der Waals surface area contributed by atoms with Crippen LogP contribution in [0.25, 0.3) is 5.69 Å². The summed E-state index contributed by atoms with van der Waals surface area (Å²) in [5.74, 6) is -0.199. The zero-order valence-corrected chi connectivity index (χ0v) is 15.7. The van der Waals surface area contributed by atoms with Crippen molar-refractivity contribution in [3.63, 3.8) is 0 Å². The SMILES string of the molecule is Cc1cc(C)cc(-n2nc(C(=O)NCCC(C)S(C)=O)cc2C)c1. The Morgan fingerprint density at radius 3 is 2.42 bits per heavy atom. The van der Waals surface area contributed by atoms with E-state index in [9.17, 15) is 9.00 Å². The van der Waals surface area contributed by atoms with Gasteiger partial charge in [0, 0.05) is 34.5 Å². The second kappa shape index (κ2) is 7.75. The third-order valence-corrected chi connectivity index (χ3v) is 5.34. The van der Waals surface area contributed by atoms with E-state index in [0.29, 0.717) is 18.7 Å². The molecule has 0 aliphatic carbocycles. The lowest BCUT2D eigenvalue weighted by atomic mass is 10.1. The summed E-state index contributed by atoms with van der Waals surface area (Å²) in [7, 11) is -0.870. The molecule has 0 fully saturated rings. The van der Waals surface area contributed by atoms with Gasteiger partial charge in [-0.3, -0.25) is 9.00 Å². The first-order chi connectivity index (χ1) is 11.3. The third kappa shape index (κ3) is 4.54. The van der Waals surface area contributed by atoms with Gasteiger partial charge < -0.3 is 5.32 Å². The molecule has 0 bridgehead atoms. The summed E-state index contributed by atoms with van der Waals surface area (Å²) in [6.45, 7) is 8.43. The largest absolute Gasteiger partial charge is 0.351 e. The van der Waals surface area contributed by atoms with Crippen molar-refractivity contribution in [2.24, 2.45) is 0 Å². The fraction of sp³-hybridized carbons (Fsp3) is 0.444. The lowest BCUT2D eigenvalue weighted by Crippen LogP contribution is -2.27. The number of hydrogen-bond donors (Lipinski definition) is 1. The highest BCUT2D eigenvalue weighted by atomic mass is 32.2. The zero-order valence-electron chi connectivity index (χ0n) is 14.9. The van der Waals surface area contributed by atoms with Crippen LogP contribution in [-0.2, 0) is 10.8 Å². The Bertz CT molecular complexity index is 747. The van der Waals surface area contributed by atoms with E-state index in [2.05, 4.69) is 16.5 Å². The van der Waals surface area contributed by atoms with Crippen LogP contribution < -0.4 is 5.32 Å². The average Bonchev–Trinajstić information content (AvgIpc) is 2.88. The molecule has 24 heavy (non-hydrogen) atoms.